The summed E-state index contributed by atoms with van der Waals surface area (Å²) in [4.78, 5) is 8.61. The zero-order valence-corrected chi connectivity index (χ0v) is 11.2. The Morgan fingerprint density at radius 2 is 2.22 bits per heavy atom. The molecule has 1 aromatic rings. The van der Waals surface area contributed by atoms with E-state index in [9.17, 15) is 0 Å². The van der Waals surface area contributed by atoms with E-state index in [4.69, 9.17) is 4.74 Å². The van der Waals surface area contributed by atoms with Crippen LogP contribution in [0.2, 0.25) is 0 Å². The maximum absolute atomic E-state index is 5.39. The second kappa shape index (κ2) is 6.11. The van der Waals surface area contributed by atoms with Crippen LogP contribution >= 0.6 is 0 Å². The molecule has 0 atom stereocenters. The lowest BCUT2D eigenvalue weighted by Gasteiger charge is -2.37. The van der Waals surface area contributed by atoms with E-state index in [0.29, 0.717) is 5.95 Å². The predicted molar refractivity (Wildman–Crippen MR) is 71.7 cm³/mol. The van der Waals surface area contributed by atoms with Gasteiger partial charge in [0, 0.05) is 31.0 Å². The number of anilines is 1. The zero-order chi connectivity index (χ0) is 12.8. The minimum absolute atomic E-state index is 0.201. The highest BCUT2D eigenvalue weighted by Crippen LogP contribution is 2.29. The van der Waals surface area contributed by atoms with E-state index in [1.807, 2.05) is 13.0 Å². The molecule has 0 bridgehead atoms. The number of hydrogen-bond donors (Lipinski definition) is 2. The summed E-state index contributed by atoms with van der Waals surface area (Å²) in [6.07, 6.45) is 4.04. The van der Waals surface area contributed by atoms with E-state index in [2.05, 4.69) is 20.6 Å². The molecule has 0 radical (unpaired) electrons. The minimum atomic E-state index is 0.201. The summed E-state index contributed by atoms with van der Waals surface area (Å²) in [5.41, 5.74) is 1.19. The number of nitrogens with zero attached hydrogens (tertiary/aromatic N) is 2. The summed E-state index contributed by atoms with van der Waals surface area (Å²) >= 11 is 0. The normalized spacial score (nSPS) is 18.6. The molecule has 0 saturated carbocycles. The van der Waals surface area contributed by atoms with Gasteiger partial charge in [-0.1, -0.05) is 0 Å². The third-order valence-electron chi connectivity index (χ3n) is 3.53. The van der Waals surface area contributed by atoms with Crippen LogP contribution < -0.4 is 10.6 Å². The van der Waals surface area contributed by atoms with Gasteiger partial charge >= 0.3 is 0 Å². The van der Waals surface area contributed by atoms with Crippen LogP contribution in [0.15, 0.2) is 12.3 Å². The summed E-state index contributed by atoms with van der Waals surface area (Å²) in [6, 6.07) is 1.90. The molecule has 1 saturated heterocycles. The Bertz CT molecular complexity index is 371. The van der Waals surface area contributed by atoms with E-state index >= 15 is 0 Å². The summed E-state index contributed by atoms with van der Waals surface area (Å²) in [5.74, 6) is 0.712. The number of nitrogens with one attached hydrogen (secondary N) is 2. The average Bonchev–Trinajstić information content (AvgIpc) is 2.38. The fourth-order valence-electron chi connectivity index (χ4n) is 2.44. The summed E-state index contributed by atoms with van der Waals surface area (Å²) < 4.78 is 5.39. The Kier molecular flexibility index (Phi) is 4.49. The van der Waals surface area contributed by atoms with Crippen LogP contribution in [-0.2, 0) is 4.74 Å². The number of rotatable bonds is 5. The molecular weight excluding hydrogens is 228 g/mol. The van der Waals surface area contributed by atoms with Crippen molar-refractivity contribution >= 4 is 5.95 Å². The Morgan fingerprint density at radius 1 is 1.44 bits per heavy atom. The monoisotopic (exact) mass is 250 g/mol. The van der Waals surface area contributed by atoms with Crippen LogP contribution in [0.3, 0.4) is 0 Å². The van der Waals surface area contributed by atoms with E-state index in [1.165, 1.54) is 0 Å². The minimum Gasteiger partial charge on any atom is -0.384 e. The maximum Gasteiger partial charge on any atom is 0.222 e. The molecule has 1 fully saturated rings. The lowest BCUT2D eigenvalue weighted by molar-refractivity contribution is 0.0634. The van der Waals surface area contributed by atoms with Crippen molar-refractivity contribution in [1.82, 2.24) is 15.3 Å². The van der Waals surface area contributed by atoms with E-state index < -0.39 is 0 Å². The number of aromatic nitrogens is 2. The first kappa shape index (κ1) is 13.2. The molecule has 5 nitrogen and oxygen atoms in total. The molecule has 18 heavy (non-hydrogen) atoms. The predicted octanol–water partition coefficient (Wildman–Crippen LogP) is 1.21. The van der Waals surface area contributed by atoms with Gasteiger partial charge in [0.05, 0.1) is 6.61 Å². The van der Waals surface area contributed by atoms with E-state index in [0.717, 1.165) is 44.8 Å². The van der Waals surface area contributed by atoms with Crippen LogP contribution in [0.1, 0.15) is 18.5 Å². The fourth-order valence-corrected chi connectivity index (χ4v) is 2.44. The molecular formula is C13H22N4O. The van der Waals surface area contributed by atoms with Crippen molar-refractivity contribution in [3.05, 3.63) is 18.0 Å². The average molecular weight is 250 g/mol. The second-order valence-corrected chi connectivity index (χ2v) is 5.06. The number of ether oxygens (including phenoxy) is 1. The molecule has 2 heterocycles. The van der Waals surface area contributed by atoms with Crippen molar-refractivity contribution in [2.45, 2.75) is 19.8 Å². The standard InChI is InChI=1S/C13H22N4O/c1-11-3-6-15-12(17-11)16-9-13(10-18-2)4-7-14-8-5-13/h3,6,14H,4-5,7-10H2,1-2H3,(H,15,16,17). The Hall–Kier alpha value is -1.20. The first-order valence-corrected chi connectivity index (χ1v) is 6.47. The topological polar surface area (TPSA) is 59.1 Å². The third kappa shape index (κ3) is 3.40. The lowest BCUT2D eigenvalue weighted by Crippen LogP contribution is -2.44. The fraction of sp³-hybridized carbons (Fsp3) is 0.692. The molecule has 2 rings (SSSR count). The molecule has 0 unspecified atom stereocenters. The van der Waals surface area contributed by atoms with E-state index in [-0.39, 0.29) is 5.41 Å². The highest BCUT2D eigenvalue weighted by molar-refractivity contribution is 5.25. The first-order chi connectivity index (χ1) is 8.74. The molecule has 5 heteroatoms. The number of hydrogen-bond acceptors (Lipinski definition) is 5. The van der Waals surface area contributed by atoms with Crippen LogP contribution in [0.5, 0.6) is 0 Å². The lowest BCUT2D eigenvalue weighted by atomic mass is 9.79. The number of piperidine rings is 1. The molecule has 0 aromatic carbocycles. The second-order valence-electron chi connectivity index (χ2n) is 5.06. The quantitative estimate of drug-likeness (QED) is 0.822. The molecule has 0 aliphatic carbocycles. The van der Waals surface area contributed by atoms with Crippen molar-refractivity contribution in [2.24, 2.45) is 5.41 Å². The van der Waals surface area contributed by atoms with Crippen molar-refractivity contribution < 1.29 is 4.74 Å². The molecule has 0 amide bonds. The molecule has 0 spiro atoms. The molecule has 2 N–H and O–H groups in total. The highest BCUT2D eigenvalue weighted by atomic mass is 16.5. The number of methoxy groups -OCH3 is 1. The van der Waals surface area contributed by atoms with Crippen LogP contribution in [0.4, 0.5) is 5.95 Å². The van der Waals surface area contributed by atoms with Gasteiger partial charge in [-0.15, -0.1) is 0 Å². The van der Waals surface area contributed by atoms with Gasteiger partial charge in [0.1, 0.15) is 0 Å². The Labute approximate surface area is 108 Å². The van der Waals surface area contributed by atoms with Crippen LogP contribution in [0, 0.1) is 12.3 Å². The van der Waals surface area contributed by atoms with Gasteiger partial charge in [0.2, 0.25) is 5.95 Å². The summed E-state index contributed by atoms with van der Waals surface area (Å²) in [7, 11) is 1.77. The van der Waals surface area contributed by atoms with E-state index in [1.54, 1.807) is 13.3 Å². The molecule has 100 valence electrons. The SMILES string of the molecule is COCC1(CNc2nccc(C)n2)CCNCC1. The molecule has 1 aromatic heterocycles. The summed E-state index contributed by atoms with van der Waals surface area (Å²) in [6.45, 7) is 5.74. The van der Waals surface area contributed by atoms with Gasteiger partial charge < -0.3 is 15.4 Å². The van der Waals surface area contributed by atoms with Crippen molar-refractivity contribution in [3.63, 3.8) is 0 Å². The molecule has 1 aliphatic heterocycles. The van der Waals surface area contributed by atoms with Crippen LogP contribution in [-0.4, -0.2) is 43.3 Å². The number of aryl methyl sites for hydroxylation is 1. The largest absolute Gasteiger partial charge is 0.384 e. The Morgan fingerprint density at radius 3 is 2.89 bits per heavy atom. The van der Waals surface area contributed by atoms with Gasteiger partial charge in [0.15, 0.2) is 0 Å². The third-order valence-corrected chi connectivity index (χ3v) is 3.53. The van der Waals surface area contributed by atoms with Crippen molar-refractivity contribution in [2.75, 3.05) is 38.7 Å². The van der Waals surface area contributed by atoms with Crippen LogP contribution in [0.25, 0.3) is 0 Å². The van der Waals surface area contributed by atoms with Gasteiger partial charge in [-0.2, -0.15) is 0 Å². The molecule has 1 aliphatic rings. The zero-order valence-electron chi connectivity index (χ0n) is 11.2. The van der Waals surface area contributed by atoms with Gasteiger partial charge in [0.25, 0.3) is 0 Å². The maximum atomic E-state index is 5.39. The highest BCUT2D eigenvalue weighted by Gasteiger charge is 2.32. The first-order valence-electron chi connectivity index (χ1n) is 6.47. The van der Waals surface area contributed by atoms with Gasteiger partial charge in [-0.05, 0) is 38.9 Å². The summed E-state index contributed by atoms with van der Waals surface area (Å²) in [5, 5.41) is 6.74. The Balaban J connectivity index is 1.96. The van der Waals surface area contributed by atoms with Crippen molar-refractivity contribution in [3.8, 4) is 0 Å². The van der Waals surface area contributed by atoms with Crippen molar-refractivity contribution in [1.29, 1.82) is 0 Å². The smallest absolute Gasteiger partial charge is 0.222 e. The van der Waals surface area contributed by atoms with Gasteiger partial charge in [-0.3, -0.25) is 0 Å². The van der Waals surface area contributed by atoms with Gasteiger partial charge in [-0.25, -0.2) is 9.97 Å².